The van der Waals surface area contributed by atoms with Crippen molar-refractivity contribution in [3.63, 3.8) is 0 Å². The molecule has 0 saturated heterocycles. The van der Waals surface area contributed by atoms with Crippen LogP contribution in [0, 0.1) is 22.7 Å². The van der Waals surface area contributed by atoms with Gasteiger partial charge in [-0.2, -0.15) is 5.26 Å². The van der Waals surface area contributed by atoms with Crippen LogP contribution in [-0.2, 0) is 9.84 Å². The first-order valence-electron chi connectivity index (χ1n) is 4.95. The average molecular weight is 233 g/mol. The smallest absolute Gasteiger partial charge is 0.150 e. The summed E-state index contributed by atoms with van der Waals surface area (Å²) in [5.41, 5.74) is -0.602. The summed E-state index contributed by atoms with van der Waals surface area (Å²) < 4.78 is 23.1. The number of hydrogen-bond donors (Lipinski definition) is 1. The van der Waals surface area contributed by atoms with E-state index in [9.17, 15) is 8.42 Å². The Morgan fingerprint density at radius 1 is 1.47 bits per heavy atom. The maximum Gasteiger partial charge on any atom is 0.150 e. The van der Waals surface area contributed by atoms with Gasteiger partial charge in [-0.05, 0) is 26.2 Å². The number of nitrogens with zero attached hydrogens (tertiary/aromatic N) is 1. The van der Waals surface area contributed by atoms with Crippen molar-refractivity contribution >= 4 is 9.84 Å². The number of aliphatic hydroxyl groups excluding tert-OH is 1. The topological polar surface area (TPSA) is 78.2 Å². The molecule has 0 bridgehead atoms. The molecule has 1 unspecified atom stereocenters. The third kappa shape index (κ3) is 6.47. The van der Waals surface area contributed by atoms with Crippen LogP contribution >= 0.6 is 0 Å². The third-order valence-electron chi connectivity index (χ3n) is 2.19. The zero-order valence-corrected chi connectivity index (χ0v) is 10.3. The highest BCUT2D eigenvalue weighted by molar-refractivity contribution is 7.91. The SMILES string of the molecule is CC(CO)CS(=O)(=O)CCC(C)(C)C#N. The molecule has 0 amide bonds. The van der Waals surface area contributed by atoms with Gasteiger partial charge < -0.3 is 5.11 Å². The first-order valence-corrected chi connectivity index (χ1v) is 6.77. The molecule has 4 nitrogen and oxygen atoms in total. The lowest BCUT2D eigenvalue weighted by atomic mass is 9.93. The lowest BCUT2D eigenvalue weighted by Crippen LogP contribution is -2.22. The molecule has 0 radical (unpaired) electrons. The second-order valence-electron chi connectivity index (χ2n) is 4.65. The van der Waals surface area contributed by atoms with Crippen LogP contribution in [0.25, 0.3) is 0 Å². The minimum absolute atomic E-state index is 0.00892. The standard InChI is InChI=1S/C10H19NO3S/c1-9(6-12)7-15(13,14)5-4-10(2,3)8-11/h9,12H,4-7H2,1-3H3. The fraction of sp³-hybridized carbons (Fsp3) is 0.900. The van der Waals surface area contributed by atoms with E-state index in [-0.39, 0.29) is 24.0 Å². The number of sulfone groups is 1. The maximum absolute atomic E-state index is 11.5. The van der Waals surface area contributed by atoms with E-state index >= 15 is 0 Å². The first kappa shape index (κ1) is 14.4. The van der Waals surface area contributed by atoms with Gasteiger partial charge in [-0.25, -0.2) is 8.42 Å². The predicted molar refractivity (Wildman–Crippen MR) is 58.9 cm³/mol. The van der Waals surface area contributed by atoms with Gasteiger partial charge in [0.25, 0.3) is 0 Å². The van der Waals surface area contributed by atoms with Crippen molar-refractivity contribution in [1.82, 2.24) is 0 Å². The van der Waals surface area contributed by atoms with E-state index in [2.05, 4.69) is 6.07 Å². The summed E-state index contributed by atoms with van der Waals surface area (Å²) in [5, 5.41) is 17.5. The normalized spacial score (nSPS) is 14.6. The van der Waals surface area contributed by atoms with Crippen molar-refractivity contribution in [1.29, 1.82) is 5.26 Å². The highest BCUT2D eigenvalue weighted by atomic mass is 32.2. The molecule has 1 N–H and O–H groups in total. The quantitative estimate of drug-likeness (QED) is 0.741. The predicted octanol–water partition coefficient (Wildman–Crippen LogP) is 0.969. The molecule has 5 heteroatoms. The molecule has 0 aliphatic carbocycles. The molecule has 1 atom stereocenters. The van der Waals surface area contributed by atoms with Crippen molar-refractivity contribution in [3.8, 4) is 6.07 Å². The van der Waals surface area contributed by atoms with E-state index in [1.165, 1.54) is 0 Å². The van der Waals surface area contributed by atoms with E-state index in [1.807, 2.05) is 0 Å². The Morgan fingerprint density at radius 2 is 2.00 bits per heavy atom. The molecule has 0 heterocycles. The van der Waals surface area contributed by atoms with Crippen molar-refractivity contribution in [2.45, 2.75) is 27.2 Å². The Labute approximate surface area is 91.8 Å². The molecule has 0 rings (SSSR count). The van der Waals surface area contributed by atoms with E-state index in [1.54, 1.807) is 20.8 Å². The first-order chi connectivity index (χ1) is 6.72. The Hall–Kier alpha value is -0.600. The van der Waals surface area contributed by atoms with Crippen LogP contribution < -0.4 is 0 Å². The summed E-state index contributed by atoms with van der Waals surface area (Å²) >= 11 is 0. The highest BCUT2D eigenvalue weighted by Crippen LogP contribution is 2.20. The van der Waals surface area contributed by atoms with Gasteiger partial charge in [0, 0.05) is 6.61 Å². The van der Waals surface area contributed by atoms with Gasteiger partial charge >= 0.3 is 0 Å². The molecule has 0 fully saturated rings. The van der Waals surface area contributed by atoms with E-state index in [0.717, 1.165) is 0 Å². The second-order valence-corrected chi connectivity index (χ2v) is 6.88. The summed E-state index contributed by atoms with van der Waals surface area (Å²) in [7, 11) is -3.15. The summed E-state index contributed by atoms with van der Waals surface area (Å²) in [4.78, 5) is 0. The lowest BCUT2D eigenvalue weighted by molar-refractivity contribution is 0.249. The molecule has 0 aliphatic heterocycles. The Kier molecular flexibility index (Phi) is 5.26. The van der Waals surface area contributed by atoms with Crippen LogP contribution in [-0.4, -0.2) is 31.6 Å². The van der Waals surface area contributed by atoms with Gasteiger partial charge in [-0.15, -0.1) is 0 Å². The molecular weight excluding hydrogens is 214 g/mol. The number of aliphatic hydroxyl groups is 1. The minimum Gasteiger partial charge on any atom is -0.396 e. The summed E-state index contributed by atoms with van der Waals surface area (Å²) in [6, 6.07) is 2.07. The zero-order chi connectivity index (χ0) is 12.1. The fourth-order valence-electron chi connectivity index (χ4n) is 1.04. The number of nitriles is 1. The van der Waals surface area contributed by atoms with Gasteiger partial charge in [-0.1, -0.05) is 6.92 Å². The lowest BCUT2D eigenvalue weighted by Gasteiger charge is -2.15. The molecule has 0 aliphatic rings. The van der Waals surface area contributed by atoms with Gasteiger partial charge in [0.2, 0.25) is 0 Å². The average Bonchev–Trinajstić information content (AvgIpc) is 2.14. The minimum atomic E-state index is -3.15. The molecule has 0 saturated carbocycles. The molecule has 0 aromatic rings. The largest absolute Gasteiger partial charge is 0.396 e. The fourth-order valence-corrected chi connectivity index (χ4v) is 3.00. The van der Waals surface area contributed by atoms with Crippen LogP contribution in [0.3, 0.4) is 0 Å². The van der Waals surface area contributed by atoms with E-state index < -0.39 is 15.3 Å². The summed E-state index contributed by atoms with van der Waals surface area (Å²) in [6.07, 6.45) is 0.337. The Morgan fingerprint density at radius 3 is 2.40 bits per heavy atom. The molecular formula is C10H19NO3S. The van der Waals surface area contributed by atoms with Gasteiger partial charge in [0.05, 0.1) is 23.0 Å². The zero-order valence-electron chi connectivity index (χ0n) is 9.52. The highest BCUT2D eigenvalue weighted by Gasteiger charge is 2.22. The van der Waals surface area contributed by atoms with E-state index in [0.29, 0.717) is 6.42 Å². The Bertz CT molecular complexity index is 327. The molecule has 0 aromatic heterocycles. The number of rotatable bonds is 6. The van der Waals surface area contributed by atoms with Crippen LogP contribution in [0.4, 0.5) is 0 Å². The van der Waals surface area contributed by atoms with Crippen molar-refractivity contribution in [2.24, 2.45) is 11.3 Å². The third-order valence-corrected chi connectivity index (χ3v) is 4.09. The van der Waals surface area contributed by atoms with E-state index in [4.69, 9.17) is 10.4 Å². The van der Waals surface area contributed by atoms with Crippen LogP contribution in [0.1, 0.15) is 27.2 Å². The van der Waals surface area contributed by atoms with Crippen LogP contribution in [0.2, 0.25) is 0 Å². The maximum atomic E-state index is 11.5. The van der Waals surface area contributed by atoms with Gasteiger partial charge in [0.15, 0.2) is 9.84 Å². The molecule has 0 spiro atoms. The Balaban J connectivity index is 4.25. The molecule has 15 heavy (non-hydrogen) atoms. The van der Waals surface area contributed by atoms with Crippen LogP contribution in [0.5, 0.6) is 0 Å². The van der Waals surface area contributed by atoms with Crippen molar-refractivity contribution < 1.29 is 13.5 Å². The van der Waals surface area contributed by atoms with Gasteiger partial charge in [-0.3, -0.25) is 0 Å². The van der Waals surface area contributed by atoms with Crippen LogP contribution in [0.15, 0.2) is 0 Å². The second kappa shape index (κ2) is 5.47. The van der Waals surface area contributed by atoms with Crippen molar-refractivity contribution in [2.75, 3.05) is 18.1 Å². The molecule has 0 aromatic carbocycles. The summed E-state index contributed by atoms with van der Waals surface area (Å²) in [6.45, 7) is 5.00. The summed E-state index contributed by atoms with van der Waals surface area (Å²) in [5.74, 6) is -0.233. The van der Waals surface area contributed by atoms with Gasteiger partial charge in [0.1, 0.15) is 0 Å². The number of hydrogen-bond acceptors (Lipinski definition) is 4. The molecule has 88 valence electrons. The van der Waals surface area contributed by atoms with Crippen molar-refractivity contribution in [3.05, 3.63) is 0 Å². The monoisotopic (exact) mass is 233 g/mol.